The maximum atomic E-state index is 12.1. The number of anilines is 1. The monoisotopic (exact) mass is 392 g/mol. The fourth-order valence-corrected chi connectivity index (χ4v) is 4.34. The van der Waals surface area contributed by atoms with Crippen molar-refractivity contribution in [3.05, 3.63) is 60.9 Å². The first-order chi connectivity index (χ1) is 13.6. The van der Waals surface area contributed by atoms with Crippen LogP contribution in [0.25, 0.3) is 28.3 Å². The van der Waals surface area contributed by atoms with Crippen molar-refractivity contribution in [2.75, 3.05) is 4.72 Å². The number of pyridine rings is 1. The van der Waals surface area contributed by atoms with Gasteiger partial charge in [0, 0.05) is 29.2 Å². The summed E-state index contributed by atoms with van der Waals surface area (Å²) in [7, 11) is -3.27. The van der Waals surface area contributed by atoms with Crippen LogP contribution in [0.1, 0.15) is 12.8 Å². The highest BCUT2D eigenvalue weighted by Crippen LogP contribution is 2.30. The Hall–Kier alpha value is -3.33. The molecule has 1 saturated carbocycles. The maximum Gasteiger partial charge on any atom is 0.235 e. The molecule has 0 amide bonds. The SMILES string of the molecule is O=S(=O)(Nc1ccc(-c2ccc3nnc(-c4cccnc4)n3n2)cc1)C1CC1. The summed E-state index contributed by atoms with van der Waals surface area (Å²) in [6, 6.07) is 14.6. The topological polar surface area (TPSA) is 102 Å². The fraction of sp³-hybridized carbons (Fsp3) is 0.158. The highest BCUT2D eigenvalue weighted by molar-refractivity contribution is 7.93. The summed E-state index contributed by atoms with van der Waals surface area (Å²) in [5.41, 5.74) is 3.61. The summed E-state index contributed by atoms with van der Waals surface area (Å²) < 4.78 is 28.4. The fourth-order valence-electron chi connectivity index (χ4n) is 2.95. The Morgan fingerprint density at radius 3 is 2.50 bits per heavy atom. The average molecular weight is 392 g/mol. The minimum atomic E-state index is -3.27. The second-order valence-corrected chi connectivity index (χ2v) is 8.64. The molecule has 0 bridgehead atoms. The highest BCUT2D eigenvalue weighted by Gasteiger charge is 2.35. The van der Waals surface area contributed by atoms with Gasteiger partial charge in [0.15, 0.2) is 11.5 Å². The summed E-state index contributed by atoms with van der Waals surface area (Å²) in [6.07, 6.45) is 4.88. The second kappa shape index (κ2) is 6.38. The zero-order valence-electron chi connectivity index (χ0n) is 14.7. The molecule has 8 nitrogen and oxygen atoms in total. The molecule has 9 heteroatoms. The van der Waals surface area contributed by atoms with Crippen LogP contribution < -0.4 is 4.72 Å². The number of hydrogen-bond donors (Lipinski definition) is 1. The number of sulfonamides is 1. The van der Waals surface area contributed by atoms with Gasteiger partial charge < -0.3 is 0 Å². The Bertz CT molecular complexity index is 1250. The van der Waals surface area contributed by atoms with Gasteiger partial charge in [0.05, 0.1) is 10.9 Å². The molecule has 0 spiro atoms. The Morgan fingerprint density at radius 2 is 1.79 bits per heavy atom. The van der Waals surface area contributed by atoms with Crippen LogP contribution >= 0.6 is 0 Å². The number of aromatic nitrogens is 5. The third-order valence-electron chi connectivity index (χ3n) is 4.59. The molecule has 1 aliphatic rings. The van der Waals surface area contributed by atoms with E-state index in [-0.39, 0.29) is 5.25 Å². The van der Waals surface area contributed by atoms with Gasteiger partial charge in [-0.15, -0.1) is 10.2 Å². The van der Waals surface area contributed by atoms with Crippen LogP contribution in [-0.2, 0) is 10.0 Å². The van der Waals surface area contributed by atoms with Crippen molar-refractivity contribution in [3.8, 4) is 22.6 Å². The van der Waals surface area contributed by atoms with Crippen molar-refractivity contribution in [1.82, 2.24) is 24.8 Å². The van der Waals surface area contributed by atoms with Gasteiger partial charge in [-0.2, -0.15) is 9.61 Å². The first kappa shape index (κ1) is 16.8. The predicted octanol–water partition coefficient (Wildman–Crippen LogP) is 2.76. The van der Waals surface area contributed by atoms with Gasteiger partial charge in [0.25, 0.3) is 0 Å². The lowest BCUT2D eigenvalue weighted by Gasteiger charge is -2.08. The minimum absolute atomic E-state index is 0.254. The van der Waals surface area contributed by atoms with Crippen LogP contribution in [0, 0.1) is 0 Å². The van der Waals surface area contributed by atoms with Gasteiger partial charge in [-0.05, 0) is 49.2 Å². The van der Waals surface area contributed by atoms with E-state index in [1.165, 1.54) is 0 Å². The van der Waals surface area contributed by atoms with Gasteiger partial charge in [0.1, 0.15) is 0 Å². The van der Waals surface area contributed by atoms with E-state index < -0.39 is 10.0 Å². The predicted molar refractivity (Wildman–Crippen MR) is 105 cm³/mol. The Balaban J connectivity index is 1.47. The number of hydrogen-bond acceptors (Lipinski definition) is 6. The van der Waals surface area contributed by atoms with Crippen molar-refractivity contribution < 1.29 is 8.42 Å². The largest absolute Gasteiger partial charge is 0.283 e. The molecule has 140 valence electrons. The van der Waals surface area contributed by atoms with E-state index in [9.17, 15) is 8.42 Å². The van der Waals surface area contributed by atoms with E-state index in [2.05, 4.69) is 25.0 Å². The van der Waals surface area contributed by atoms with Crippen molar-refractivity contribution in [2.45, 2.75) is 18.1 Å². The van der Waals surface area contributed by atoms with Crippen molar-refractivity contribution in [1.29, 1.82) is 0 Å². The van der Waals surface area contributed by atoms with Crippen LogP contribution in [0.5, 0.6) is 0 Å². The van der Waals surface area contributed by atoms with Gasteiger partial charge in [0.2, 0.25) is 10.0 Å². The third kappa shape index (κ3) is 3.09. The normalized spacial score (nSPS) is 14.3. The molecule has 1 N–H and O–H groups in total. The maximum absolute atomic E-state index is 12.1. The van der Waals surface area contributed by atoms with Crippen LogP contribution in [-0.4, -0.2) is 38.5 Å². The number of fused-ring (bicyclic) bond motifs is 1. The van der Waals surface area contributed by atoms with Gasteiger partial charge >= 0.3 is 0 Å². The van der Waals surface area contributed by atoms with E-state index in [1.807, 2.05) is 36.4 Å². The molecule has 0 aliphatic heterocycles. The summed E-state index contributed by atoms with van der Waals surface area (Å²) >= 11 is 0. The van der Waals surface area contributed by atoms with E-state index in [1.54, 1.807) is 29.0 Å². The lowest BCUT2D eigenvalue weighted by Crippen LogP contribution is -2.17. The summed E-state index contributed by atoms with van der Waals surface area (Å²) in [4.78, 5) is 4.12. The summed E-state index contributed by atoms with van der Waals surface area (Å²) in [6.45, 7) is 0. The summed E-state index contributed by atoms with van der Waals surface area (Å²) in [5, 5.41) is 12.8. The third-order valence-corrected chi connectivity index (χ3v) is 6.46. The molecule has 3 heterocycles. The van der Waals surface area contributed by atoms with Crippen LogP contribution in [0.3, 0.4) is 0 Å². The molecule has 1 fully saturated rings. The summed E-state index contributed by atoms with van der Waals surface area (Å²) in [5.74, 6) is 0.610. The Kier molecular flexibility index (Phi) is 3.83. The van der Waals surface area contributed by atoms with E-state index in [0.29, 0.717) is 17.2 Å². The lowest BCUT2D eigenvalue weighted by atomic mass is 10.1. The van der Waals surface area contributed by atoms with E-state index in [4.69, 9.17) is 0 Å². The number of benzene rings is 1. The van der Waals surface area contributed by atoms with Crippen LogP contribution in [0.2, 0.25) is 0 Å². The first-order valence-electron chi connectivity index (χ1n) is 8.85. The first-order valence-corrected chi connectivity index (χ1v) is 10.4. The van der Waals surface area contributed by atoms with Crippen LogP contribution in [0.4, 0.5) is 5.69 Å². The number of nitrogens with zero attached hydrogens (tertiary/aromatic N) is 5. The molecule has 3 aromatic heterocycles. The zero-order valence-corrected chi connectivity index (χ0v) is 15.5. The lowest BCUT2D eigenvalue weighted by molar-refractivity contribution is 0.600. The molecule has 4 aromatic rings. The standard InChI is InChI=1S/C19H16N6O2S/c26-28(27,16-7-8-16)24-15-5-3-13(4-6-15)17-9-10-18-21-22-19(25(18)23-17)14-2-1-11-20-12-14/h1-6,9-12,16,24H,7-8H2. The van der Waals surface area contributed by atoms with Crippen molar-refractivity contribution >= 4 is 21.4 Å². The van der Waals surface area contributed by atoms with Gasteiger partial charge in [-0.25, -0.2) is 8.42 Å². The molecular weight excluding hydrogens is 376 g/mol. The van der Waals surface area contributed by atoms with Crippen LogP contribution in [0.15, 0.2) is 60.9 Å². The smallest absolute Gasteiger partial charge is 0.235 e. The molecule has 0 radical (unpaired) electrons. The Morgan fingerprint density at radius 1 is 0.964 bits per heavy atom. The van der Waals surface area contributed by atoms with E-state index >= 15 is 0 Å². The Labute approximate surface area is 161 Å². The van der Waals surface area contributed by atoms with Gasteiger partial charge in [-0.1, -0.05) is 12.1 Å². The average Bonchev–Trinajstić information content (AvgIpc) is 3.50. The minimum Gasteiger partial charge on any atom is -0.283 e. The number of nitrogens with one attached hydrogen (secondary N) is 1. The zero-order chi connectivity index (χ0) is 19.1. The molecular formula is C19H16N6O2S. The molecule has 28 heavy (non-hydrogen) atoms. The molecule has 5 rings (SSSR count). The molecule has 0 atom stereocenters. The van der Waals surface area contributed by atoms with Crippen molar-refractivity contribution in [3.63, 3.8) is 0 Å². The van der Waals surface area contributed by atoms with Crippen molar-refractivity contribution in [2.24, 2.45) is 0 Å². The van der Waals surface area contributed by atoms with Gasteiger partial charge in [-0.3, -0.25) is 9.71 Å². The van der Waals surface area contributed by atoms with E-state index in [0.717, 1.165) is 29.7 Å². The second-order valence-electron chi connectivity index (χ2n) is 6.68. The highest BCUT2D eigenvalue weighted by atomic mass is 32.2. The molecule has 0 saturated heterocycles. The molecule has 1 aliphatic carbocycles. The molecule has 1 aromatic carbocycles. The quantitative estimate of drug-likeness (QED) is 0.560. The molecule has 0 unspecified atom stereocenters. The number of rotatable bonds is 5.